The molecule has 3 rings (SSSR count). The van der Waals surface area contributed by atoms with Crippen LogP contribution in [0, 0.1) is 0 Å². The average molecular weight is 428 g/mol. The highest BCUT2D eigenvalue weighted by Gasteiger charge is 2.36. The Morgan fingerprint density at radius 3 is 2.58 bits per heavy atom. The maximum Gasteiger partial charge on any atom is 0.262 e. The lowest BCUT2D eigenvalue weighted by Gasteiger charge is -2.26. The van der Waals surface area contributed by atoms with Crippen LogP contribution < -0.4 is 9.47 Å². The van der Waals surface area contributed by atoms with E-state index < -0.39 is 6.04 Å². The fourth-order valence-electron chi connectivity index (χ4n) is 3.60. The third kappa shape index (κ3) is 4.72. The van der Waals surface area contributed by atoms with E-state index in [0.717, 1.165) is 17.0 Å². The largest absolute Gasteiger partial charge is 0.497 e. The van der Waals surface area contributed by atoms with Crippen molar-refractivity contribution in [2.24, 2.45) is 12.1 Å². The summed E-state index contributed by atoms with van der Waals surface area (Å²) in [6, 6.07) is 8.97. The topological polar surface area (TPSA) is 85.6 Å². The molecule has 31 heavy (non-hydrogen) atoms. The Hall–Kier alpha value is -3.33. The number of carbonyl (C=O) groups excluding carboxylic acids is 2. The first-order valence-corrected chi connectivity index (χ1v) is 9.85. The molecule has 0 spiro atoms. The number of aryl methyl sites for hydroxylation is 1. The van der Waals surface area contributed by atoms with Gasteiger partial charge in [-0.25, -0.2) is 5.01 Å². The number of rotatable bonds is 8. The Bertz CT molecular complexity index is 984. The molecule has 0 N–H and O–H groups in total. The number of amides is 2. The van der Waals surface area contributed by atoms with Crippen molar-refractivity contribution in [2.75, 3.05) is 41.5 Å². The molecule has 9 heteroatoms. The van der Waals surface area contributed by atoms with E-state index in [1.54, 1.807) is 27.3 Å². The molecule has 9 nitrogen and oxygen atoms in total. The molecule has 0 aliphatic carbocycles. The molecule has 1 unspecified atom stereocenters. The standard InChI is InChI=1S/C22H28N4O5/c1-24-10-6-7-18(24)17-12-19(16-11-15(30-4)8-9-20(16)31-5)26(23-17)21(27)13-25(2)22(28)14-29-3/h6-11,19H,12-14H2,1-5H3. The molecule has 1 aromatic heterocycles. The van der Waals surface area contributed by atoms with E-state index in [2.05, 4.69) is 5.10 Å². The van der Waals surface area contributed by atoms with E-state index in [-0.39, 0.29) is 25.0 Å². The second-order valence-corrected chi connectivity index (χ2v) is 7.30. The lowest BCUT2D eigenvalue weighted by molar-refractivity contribution is -0.142. The number of likely N-dealkylation sites (N-methyl/N-ethyl adjacent to an activating group) is 1. The van der Waals surface area contributed by atoms with Crippen LogP contribution in [0.5, 0.6) is 11.5 Å². The number of hydrazone groups is 1. The summed E-state index contributed by atoms with van der Waals surface area (Å²) in [5.41, 5.74) is 2.49. The van der Waals surface area contributed by atoms with Crippen molar-refractivity contribution in [2.45, 2.75) is 12.5 Å². The second-order valence-electron chi connectivity index (χ2n) is 7.30. The minimum atomic E-state index is -0.395. The van der Waals surface area contributed by atoms with Crippen LogP contribution >= 0.6 is 0 Å². The number of nitrogens with zero attached hydrogens (tertiary/aromatic N) is 4. The van der Waals surface area contributed by atoms with Crippen molar-refractivity contribution in [3.05, 3.63) is 47.8 Å². The van der Waals surface area contributed by atoms with Crippen LogP contribution in [0.1, 0.15) is 23.7 Å². The van der Waals surface area contributed by atoms with Crippen LogP contribution in [0.15, 0.2) is 41.6 Å². The van der Waals surface area contributed by atoms with Crippen molar-refractivity contribution < 1.29 is 23.8 Å². The molecule has 0 saturated carbocycles. The van der Waals surface area contributed by atoms with Gasteiger partial charge in [-0.1, -0.05) is 0 Å². The lowest BCUT2D eigenvalue weighted by atomic mass is 9.99. The Morgan fingerprint density at radius 2 is 1.97 bits per heavy atom. The van der Waals surface area contributed by atoms with Crippen molar-refractivity contribution >= 4 is 17.5 Å². The number of hydrogen-bond donors (Lipinski definition) is 0. The van der Waals surface area contributed by atoms with Crippen molar-refractivity contribution in [3.8, 4) is 11.5 Å². The zero-order chi connectivity index (χ0) is 22.5. The second kappa shape index (κ2) is 9.65. The highest BCUT2D eigenvalue weighted by atomic mass is 16.5. The third-order valence-electron chi connectivity index (χ3n) is 5.27. The Morgan fingerprint density at radius 1 is 1.19 bits per heavy atom. The highest BCUT2D eigenvalue weighted by molar-refractivity contribution is 6.02. The molecule has 2 amide bonds. The summed E-state index contributed by atoms with van der Waals surface area (Å²) >= 11 is 0. The molecule has 0 radical (unpaired) electrons. The first kappa shape index (κ1) is 22.4. The quantitative estimate of drug-likeness (QED) is 0.640. The number of methoxy groups -OCH3 is 3. The van der Waals surface area contributed by atoms with Gasteiger partial charge in [-0.15, -0.1) is 0 Å². The van der Waals surface area contributed by atoms with E-state index in [1.807, 2.05) is 42.1 Å². The maximum absolute atomic E-state index is 13.2. The van der Waals surface area contributed by atoms with Gasteiger partial charge in [0.1, 0.15) is 24.7 Å². The molecule has 1 atom stereocenters. The number of carbonyl (C=O) groups is 2. The third-order valence-corrected chi connectivity index (χ3v) is 5.27. The summed E-state index contributed by atoms with van der Waals surface area (Å²) in [5.74, 6) is 0.710. The van der Waals surface area contributed by atoms with Gasteiger partial charge in [-0.2, -0.15) is 5.10 Å². The van der Waals surface area contributed by atoms with Gasteiger partial charge in [0.2, 0.25) is 5.91 Å². The van der Waals surface area contributed by atoms with Crippen LogP contribution in [0.3, 0.4) is 0 Å². The molecule has 1 aliphatic rings. The molecular formula is C22H28N4O5. The molecule has 1 aromatic carbocycles. The summed E-state index contributed by atoms with van der Waals surface area (Å²) < 4.78 is 17.8. The molecular weight excluding hydrogens is 400 g/mol. The molecule has 1 aliphatic heterocycles. The maximum atomic E-state index is 13.2. The van der Waals surface area contributed by atoms with Crippen molar-refractivity contribution in [1.82, 2.24) is 14.5 Å². The van der Waals surface area contributed by atoms with Gasteiger partial charge < -0.3 is 23.7 Å². The van der Waals surface area contributed by atoms with Crippen molar-refractivity contribution in [1.29, 1.82) is 0 Å². The van der Waals surface area contributed by atoms with E-state index in [0.29, 0.717) is 17.9 Å². The molecule has 166 valence electrons. The Kier molecular flexibility index (Phi) is 6.96. The predicted octanol–water partition coefficient (Wildman–Crippen LogP) is 1.82. The van der Waals surface area contributed by atoms with Crippen LogP contribution in [0.4, 0.5) is 0 Å². The zero-order valence-corrected chi connectivity index (χ0v) is 18.5. The van der Waals surface area contributed by atoms with Crippen LogP contribution in [0.2, 0.25) is 0 Å². The van der Waals surface area contributed by atoms with Crippen molar-refractivity contribution in [3.63, 3.8) is 0 Å². The highest BCUT2D eigenvalue weighted by Crippen LogP contribution is 2.39. The summed E-state index contributed by atoms with van der Waals surface area (Å²) in [6.45, 7) is -0.205. The monoisotopic (exact) mass is 428 g/mol. The van der Waals surface area contributed by atoms with Gasteiger partial charge in [0, 0.05) is 39.4 Å². The van der Waals surface area contributed by atoms with Gasteiger partial charge in [-0.3, -0.25) is 9.59 Å². The van der Waals surface area contributed by atoms with Crippen LogP contribution in [-0.4, -0.2) is 73.5 Å². The summed E-state index contributed by atoms with van der Waals surface area (Å²) in [5, 5.41) is 6.09. The number of ether oxygens (including phenoxy) is 3. The predicted molar refractivity (Wildman–Crippen MR) is 115 cm³/mol. The molecule has 0 bridgehead atoms. The molecule has 2 heterocycles. The lowest BCUT2D eigenvalue weighted by Crippen LogP contribution is -2.40. The molecule has 0 fully saturated rings. The SMILES string of the molecule is COCC(=O)N(C)CC(=O)N1N=C(c2cccn2C)CC1c1cc(OC)ccc1OC. The Balaban J connectivity index is 1.97. The molecule has 0 saturated heterocycles. The number of aromatic nitrogens is 1. The van der Waals surface area contributed by atoms with Crippen LogP contribution in [0.25, 0.3) is 0 Å². The normalized spacial score (nSPS) is 15.6. The fourth-order valence-corrected chi connectivity index (χ4v) is 3.60. The Labute approximate surface area is 181 Å². The van der Waals surface area contributed by atoms with Gasteiger partial charge in [0.05, 0.1) is 31.7 Å². The smallest absolute Gasteiger partial charge is 0.262 e. The summed E-state index contributed by atoms with van der Waals surface area (Å²) in [4.78, 5) is 26.6. The van der Waals surface area contributed by atoms with Gasteiger partial charge in [-0.05, 0) is 30.3 Å². The average Bonchev–Trinajstić information content (AvgIpc) is 3.39. The minimum Gasteiger partial charge on any atom is -0.497 e. The zero-order valence-electron chi connectivity index (χ0n) is 18.5. The first-order valence-electron chi connectivity index (χ1n) is 9.85. The summed E-state index contributed by atoms with van der Waals surface area (Å²) in [6.07, 6.45) is 2.43. The molecule has 2 aromatic rings. The van der Waals surface area contributed by atoms with E-state index in [1.165, 1.54) is 17.0 Å². The number of benzene rings is 1. The fraction of sp³-hybridized carbons (Fsp3) is 0.409. The van der Waals surface area contributed by atoms with E-state index in [9.17, 15) is 9.59 Å². The number of hydrogen-bond acceptors (Lipinski definition) is 6. The van der Waals surface area contributed by atoms with Gasteiger partial charge >= 0.3 is 0 Å². The van der Waals surface area contributed by atoms with E-state index in [4.69, 9.17) is 14.2 Å². The van der Waals surface area contributed by atoms with Gasteiger partial charge in [0.15, 0.2) is 0 Å². The minimum absolute atomic E-state index is 0.0885. The van der Waals surface area contributed by atoms with E-state index >= 15 is 0 Å². The summed E-state index contributed by atoms with van der Waals surface area (Å²) in [7, 11) is 8.11. The van der Waals surface area contributed by atoms with Crippen LogP contribution in [-0.2, 0) is 21.4 Å². The van der Waals surface area contributed by atoms with Gasteiger partial charge in [0.25, 0.3) is 5.91 Å². The first-order chi connectivity index (χ1) is 14.9.